The molecule has 1 amide bonds. The second-order valence-corrected chi connectivity index (χ2v) is 7.42. The summed E-state index contributed by atoms with van der Waals surface area (Å²) < 4.78 is 6.92. The summed E-state index contributed by atoms with van der Waals surface area (Å²) in [4.78, 5) is 23.2. The highest BCUT2D eigenvalue weighted by molar-refractivity contribution is 6.32. The molecule has 8 nitrogen and oxygen atoms in total. The highest BCUT2D eigenvalue weighted by Gasteiger charge is 2.33. The molecule has 29 heavy (non-hydrogen) atoms. The van der Waals surface area contributed by atoms with Crippen molar-refractivity contribution >= 4 is 29.0 Å². The topological polar surface area (TPSA) is 85.2 Å². The third kappa shape index (κ3) is 3.88. The van der Waals surface area contributed by atoms with Crippen molar-refractivity contribution in [2.24, 2.45) is 5.92 Å². The number of nitrogens with one attached hydrogen (secondary N) is 1. The van der Waals surface area contributed by atoms with Gasteiger partial charge >= 0.3 is 0 Å². The zero-order valence-electron chi connectivity index (χ0n) is 16.4. The van der Waals surface area contributed by atoms with Gasteiger partial charge in [0.25, 0.3) is 0 Å². The molecule has 0 spiro atoms. The molecule has 0 unspecified atom stereocenters. The number of aryl methyl sites for hydroxylation is 2. The number of carbonyl (C=O) groups is 1. The van der Waals surface area contributed by atoms with Gasteiger partial charge in [0.1, 0.15) is 17.9 Å². The van der Waals surface area contributed by atoms with Crippen LogP contribution in [-0.2, 0) is 4.79 Å². The number of anilines is 2. The maximum atomic E-state index is 12.5. The van der Waals surface area contributed by atoms with Crippen LogP contribution in [0.3, 0.4) is 0 Å². The van der Waals surface area contributed by atoms with Crippen LogP contribution in [0, 0.1) is 19.8 Å². The molecule has 150 valence electrons. The van der Waals surface area contributed by atoms with E-state index in [1.807, 2.05) is 30.9 Å². The van der Waals surface area contributed by atoms with Gasteiger partial charge in [-0.25, -0.2) is 14.6 Å². The molecule has 0 aliphatic carbocycles. The Morgan fingerprint density at radius 2 is 1.93 bits per heavy atom. The zero-order chi connectivity index (χ0) is 20.5. The Bertz CT molecular complexity index is 1060. The third-order valence-corrected chi connectivity index (χ3v) is 5.16. The maximum Gasteiger partial charge on any atom is 0.231 e. The molecule has 1 saturated heterocycles. The van der Waals surface area contributed by atoms with Crippen LogP contribution in [0.5, 0.6) is 5.75 Å². The summed E-state index contributed by atoms with van der Waals surface area (Å²) in [6.45, 7) is 5.10. The number of aromatic nitrogens is 4. The first kappa shape index (κ1) is 19.2. The summed E-state index contributed by atoms with van der Waals surface area (Å²) in [6, 6.07) is 9.06. The maximum absolute atomic E-state index is 12.5. The van der Waals surface area contributed by atoms with Gasteiger partial charge in [0.15, 0.2) is 5.82 Å². The van der Waals surface area contributed by atoms with Crippen molar-refractivity contribution in [3.63, 3.8) is 0 Å². The Morgan fingerprint density at radius 1 is 1.17 bits per heavy atom. The monoisotopic (exact) mass is 412 g/mol. The molecule has 0 radical (unpaired) electrons. The van der Waals surface area contributed by atoms with Gasteiger partial charge in [-0.2, -0.15) is 5.10 Å². The van der Waals surface area contributed by atoms with E-state index < -0.39 is 0 Å². The Labute approximate surface area is 173 Å². The molecule has 0 atom stereocenters. The van der Waals surface area contributed by atoms with E-state index in [0.717, 1.165) is 17.2 Å². The van der Waals surface area contributed by atoms with Crippen molar-refractivity contribution in [2.75, 3.05) is 30.4 Å². The van der Waals surface area contributed by atoms with Crippen LogP contribution in [0.4, 0.5) is 11.5 Å². The number of ether oxygens (including phenoxy) is 1. The number of methoxy groups -OCH3 is 1. The Kier molecular flexibility index (Phi) is 5.10. The Hall–Kier alpha value is -3.13. The van der Waals surface area contributed by atoms with E-state index in [0.29, 0.717) is 35.4 Å². The molecular formula is C20H21ClN6O2. The van der Waals surface area contributed by atoms with Crippen molar-refractivity contribution in [1.82, 2.24) is 19.7 Å². The van der Waals surface area contributed by atoms with Crippen LogP contribution in [0.15, 0.2) is 36.7 Å². The molecule has 3 aromatic rings. The zero-order valence-corrected chi connectivity index (χ0v) is 17.1. The van der Waals surface area contributed by atoms with E-state index in [9.17, 15) is 4.79 Å². The molecule has 1 fully saturated rings. The predicted molar refractivity (Wildman–Crippen MR) is 111 cm³/mol. The molecule has 4 rings (SSSR count). The van der Waals surface area contributed by atoms with E-state index in [2.05, 4.69) is 20.4 Å². The first-order valence-corrected chi connectivity index (χ1v) is 9.57. The lowest BCUT2D eigenvalue weighted by Crippen LogP contribution is -2.52. The van der Waals surface area contributed by atoms with Gasteiger partial charge in [-0.15, -0.1) is 0 Å². The standard InChI is InChI=1S/C20H21ClN6O2/c1-12-6-13(2)27(25-12)19-8-18(22-11-23-19)26-9-14(10-26)20(28)24-15-4-5-17(29-3)16(21)7-15/h4-8,11,14H,9-10H2,1-3H3,(H,24,28). The molecule has 1 aliphatic heterocycles. The molecule has 1 aromatic carbocycles. The van der Waals surface area contributed by atoms with Crippen LogP contribution < -0.4 is 15.0 Å². The van der Waals surface area contributed by atoms with Crippen LogP contribution >= 0.6 is 11.6 Å². The Morgan fingerprint density at radius 3 is 2.59 bits per heavy atom. The number of hydrogen-bond acceptors (Lipinski definition) is 6. The average Bonchev–Trinajstić information content (AvgIpc) is 2.99. The average molecular weight is 413 g/mol. The fourth-order valence-electron chi connectivity index (χ4n) is 3.31. The smallest absolute Gasteiger partial charge is 0.231 e. The van der Waals surface area contributed by atoms with E-state index in [-0.39, 0.29) is 11.8 Å². The third-order valence-electron chi connectivity index (χ3n) is 4.86. The summed E-state index contributed by atoms with van der Waals surface area (Å²) in [5.41, 5.74) is 2.58. The second-order valence-electron chi connectivity index (χ2n) is 7.01. The number of amides is 1. The van der Waals surface area contributed by atoms with Gasteiger partial charge in [0.05, 0.1) is 23.7 Å². The number of halogens is 1. The summed E-state index contributed by atoms with van der Waals surface area (Å²) in [6.07, 6.45) is 1.52. The fourth-order valence-corrected chi connectivity index (χ4v) is 3.56. The molecule has 3 heterocycles. The number of benzene rings is 1. The molecule has 9 heteroatoms. The minimum atomic E-state index is -0.122. The minimum absolute atomic E-state index is 0.0460. The van der Waals surface area contributed by atoms with Crippen LogP contribution in [-0.4, -0.2) is 45.9 Å². The largest absolute Gasteiger partial charge is 0.495 e. The minimum Gasteiger partial charge on any atom is -0.495 e. The molecule has 2 aromatic heterocycles. The van der Waals surface area contributed by atoms with Gasteiger partial charge < -0.3 is 15.0 Å². The van der Waals surface area contributed by atoms with Gasteiger partial charge in [-0.05, 0) is 38.1 Å². The van der Waals surface area contributed by atoms with E-state index >= 15 is 0 Å². The van der Waals surface area contributed by atoms with E-state index in [1.54, 1.807) is 30.0 Å². The van der Waals surface area contributed by atoms with Crippen molar-refractivity contribution in [3.05, 3.63) is 53.1 Å². The van der Waals surface area contributed by atoms with Gasteiger partial charge in [0.2, 0.25) is 5.91 Å². The van der Waals surface area contributed by atoms with Crippen LogP contribution in [0.2, 0.25) is 5.02 Å². The van der Waals surface area contributed by atoms with E-state index in [1.165, 1.54) is 6.33 Å². The number of nitrogens with zero attached hydrogens (tertiary/aromatic N) is 5. The first-order chi connectivity index (χ1) is 13.9. The summed E-state index contributed by atoms with van der Waals surface area (Å²) in [7, 11) is 1.55. The fraction of sp³-hybridized carbons (Fsp3) is 0.300. The summed E-state index contributed by atoms with van der Waals surface area (Å²) >= 11 is 6.12. The molecule has 0 bridgehead atoms. The number of hydrogen-bond donors (Lipinski definition) is 1. The van der Waals surface area contributed by atoms with Gasteiger partial charge in [0, 0.05) is 30.5 Å². The quantitative estimate of drug-likeness (QED) is 0.693. The summed E-state index contributed by atoms with van der Waals surface area (Å²) in [5.74, 6) is 1.89. The van der Waals surface area contributed by atoms with Crippen molar-refractivity contribution < 1.29 is 9.53 Å². The predicted octanol–water partition coefficient (Wildman–Crippen LogP) is 3.02. The molecule has 0 saturated carbocycles. The highest BCUT2D eigenvalue weighted by atomic mass is 35.5. The van der Waals surface area contributed by atoms with Crippen LogP contribution in [0.1, 0.15) is 11.4 Å². The molecular weight excluding hydrogens is 392 g/mol. The normalized spacial score (nSPS) is 13.9. The van der Waals surface area contributed by atoms with Gasteiger partial charge in [-0.1, -0.05) is 11.6 Å². The second kappa shape index (κ2) is 7.71. The van der Waals surface area contributed by atoms with Gasteiger partial charge in [-0.3, -0.25) is 4.79 Å². The Balaban J connectivity index is 1.39. The van der Waals surface area contributed by atoms with Crippen molar-refractivity contribution in [2.45, 2.75) is 13.8 Å². The first-order valence-electron chi connectivity index (χ1n) is 9.19. The van der Waals surface area contributed by atoms with Crippen molar-refractivity contribution in [3.8, 4) is 11.6 Å². The molecule has 1 N–H and O–H groups in total. The number of rotatable bonds is 5. The van der Waals surface area contributed by atoms with Crippen molar-refractivity contribution in [1.29, 1.82) is 0 Å². The summed E-state index contributed by atoms with van der Waals surface area (Å²) in [5, 5.41) is 7.82. The lowest BCUT2D eigenvalue weighted by Gasteiger charge is -2.39. The number of carbonyl (C=O) groups excluding carboxylic acids is 1. The lowest BCUT2D eigenvalue weighted by atomic mass is 9.99. The lowest BCUT2D eigenvalue weighted by molar-refractivity contribution is -0.120. The highest BCUT2D eigenvalue weighted by Crippen LogP contribution is 2.29. The SMILES string of the molecule is COc1ccc(NC(=O)C2CN(c3cc(-n4nc(C)cc4C)ncn3)C2)cc1Cl. The molecule has 1 aliphatic rings. The van der Waals surface area contributed by atoms with E-state index in [4.69, 9.17) is 16.3 Å². The van der Waals surface area contributed by atoms with Crippen LogP contribution in [0.25, 0.3) is 5.82 Å².